The summed E-state index contributed by atoms with van der Waals surface area (Å²) in [7, 11) is 0. The molecule has 2 aromatic carbocycles. The molecule has 8 heteroatoms. The van der Waals surface area contributed by atoms with Crippen LogP contribution in [0.15, 0.2) is 69.6 Å². The average Bonchev–Trinajstić information content (AvgIpc) is 3.10. The monoisotopic (exact) mass is 464 g/mol. The minimum Gasteiger partial charge on any atom is -0.507 e. The smallest absolute Gasteiger partial charge is 0.338 e. The lowest BCUT2D eigenvalue weighted by molar-refractivity contribution is -0.139. The number of thiazole rings is 1. The predicted octanol–water partition coefficient (Wildman–Crippen LogP) is 2.90. The second-order valence-electron chi connectivity index (χ2n) is 7.33. The van der Waals surface area contributed by atoms with Crippen molar-refractivity contribution in [2.24, 2.45) is 4.99 Å². The highest BCUT2D eigenvalue weighted by Gasteiger charge is 2.35. The molecule has 3 aromatic rings. The van der Waals surface area contributed by atoms with Gasteiger partial charge in [0.15, 0.2) is 4.80 Å². The highest BCUT2D eigenvalue weighted by Crippen LogP contribution is 2.35. The molecule has 0 amide bonds. The number of phenols is 1. The second kappa shape index (κ2) is 9.46. The van der Waals surface area contributed by atoms with E-state index in [2.05, 4.69) is 4.99 Å². The third-order valence-electron chi connectivity index (χ3n) is 5.25. The zero-order chi connectivity index (χ0) is 23.5. The van der Waals surface area contributed by atoms with E-state index in [4.69, 9.17) is 9.47 Å². The first kappa shape index (κ1) is 22.5. The Morgan fingerprint density at radius 2 is 1.88 bits per heavy atom. The molecule has 0 saturated heterocycles. The molecule has 2 heterocycles. The topological polar surface area (TPSA) is 90.1 Å². The molecule has 0 aliphatic carbocycles. The van der Waals surface area contributed by atoms with Gasteiger partial charge in [0.05, 0.1) is 29.0 Å². The van der Waals surface area contributed by atoms with Crippen LogP contribution in [-0.2, 0) is 9.53 Å². The summed E-state index contributed by atoms with van der Waals surface area (Å²) in [5.41, 5.74) is 1.67. The maximum atomic E-state index is 13.6. The molecule has 0 fully saturated rings. The van der Waals surface area contributed by atoms with Crippen LogP contribution in [0, 0.1) is 0 Å². The minimum atomic E-state index is -0.755. The van der Waals surface area contributed by atoms with Crippen LogP contribution in [0.4, 0.5) is 0 Å². The molecular formula is C25H24N2O5S. The number of carbonyl (C=O) groups is 1. The Balaban J connectivity index is 2.00. The largest absolute Gasteiger partial charge is 0.507 e. The van der Waals surface area contributed by atoms with E-state index in [0.717, 1.165) is 0 Å². The third kappa shape index (κ3) is 4.21. The summed E-state index contributed by atoms with van der Waals surface area (Å²) >= 11 is 1.20. The number of phenolic OH excluding ortho intramolecular Hbond substituents is 1. The van der Waals surface area contributed by atoms with Gasteiger partial charge >= 0.3 is 5.97 Å². The summed E-state index contributed by atoms with van der Waals surface area (Å²) in [4.78, 5) is 31.6. The molecule has 170 valence electrons. The van der Waals surface area contributed by atoms with Gasteiger partial charge < -0.3 is 14.6 Å². The fraction of sp³-hybridized carbons (Fsp3) is 0.240. The SMILES string of the molecule is CCOC(=O)C1=C(C)N=c2s/c(=C\c3ccccc3O)c(=O)n2[C@H]1c1ccccc1OCC. The first-order chi connectivity index (χ1) is 16.0. The summed E-state index contributed by atoms with van der Waals surface area (Å²) < 4.78 is 13.1. The molecule has 33 heavy (non-hydrogen) atoms. The number of esters is 1. The number of hydrogen-bond acceptors (Lipinski definition) is 7. The first-order valence-corrected chi connectivity index (χ1v) is 11.5. The van der Waals surface area contributed by atoms with Crippen molar-refractivity contribution in [3.63, 3.8) is 0 Å². The number of rotatable bonds is 6. The van der Waals surface area contributed by atoms with E-state index in [1.165, 1.54) is 15.9 Å². The van der Waals surface area contributed by atoms with Crippen molar-refractivity contribution >= 4 is 23.4 Å². The van der Waals surface area contributed by atoms with Crippen molar-refractivity contribution < 1.29 is 19.4 Å². The molecule has 0 radical (unpaired) electrons. The molecular weight excluding hydrogens is 440 g/mol. The molecule has 1 N–H and O–H groups in total. The molecule has 0 unspecified atom stereocenters. The Bertz CT molecular complexity index is 1420. The second-order valence-corrected chi connectivity index (χ2v) is 8.34. The lowest BCUT2D eigenvalue weighted by Crippen LogP contribution is -2.40. The molecule has 1 aliphatic rings. The van der Waals surface area contributed by atoms with Crippen LogP contribution in [0.25, 0.3) is 6.08 Å². The summed E-state index contributed by atoms with van der Waals surface area (Å²) in [5, 5.41) is 10.2. The lowest BCUT2D eigenvalue weighted by atomic mass is 9.95. The Hall–Kier alpha value is -3.65. The van der Waals surface area contributed by atoms with Crippen LogP contribution in [0.3, 0.4) is 0 Å². The van der Waals surface area contributed by atoms with Crippen LogP contribution in [0.1, 0.15) is 37.9 Å². The fourth-order valence-electron chi connectivity index (χ4n) is 3.83. The molecule has 1 aliphatic heterocycles. The average molecular weight is 465 g/mol. The van der Waals surface area contributed by atoms with Crippen molar-refractivity contribution in [2.45, 2.75) is 26.8 Å². The first-order valence-electron chi connectivity index (χ1n) is 10.7. The number of ether oxygens (including phenoxy) is 2. The van der Waals surface area contributed by atoms with Crippen molar-refractivity contribution in [2.75, 3.05) is 13.2 Å². The molecule has 4 rings (SSSR count). The van der Waals surface area contributed by atoms with E-state index in [9.17, 15) is 14.7 Å². The van der Waals surface area contributed by atoms with Crippen LogP contribution in [-0.4, -0.2) is 28.9 Å². The van der Waals surface area contributed by atoms with E-state index in [1.54, 1.807) is 44.2 Å². The zero-order valence-electron chi connectivity index (χ0n) is 18.6. The Morgan fingerprint density at radius 3 is 2.61 bits per heavy atom. The van der Waals surface area contributed by atoms with E-state index >= 15 is 0 Å². The summed E-state index contributed by atoms with van der Waals surface area (Å²) in [6.45, 7) is 5.99. The maximum absolute atomic E-state index is 13.6. The van der Waals surface area contributed by atoms with Gasteiger partial charge in [-0.15, -0.1) is 0 Å². The standard InChI is InChI=1S/C25H24N2O5S/c1-4-31-19-13-9-7-11-17(19)22-21(24(30)32-5-2)15(3)26-25-27(22)23(29)20(33-25)14-16-10-6-8-12-18(16)28/h6-14,22,28H,4-5H2,1-3H3/b20-14-/t22-/m0/s1. The quantitative estimate of drug-likeness (QED) is 0.567. The highest BCUT2D eigenvalue weighted by atomic mass is 32.1. The number of aromatic hydroxyl groups is 1. The molecule has 0 spiro atoms. The van der Waals surface area contributed by atoms with Crippen LogP contribution in [0.5, 0.6) is 11.5 Å². The van der Waals surface area contributed by atoms with Crippen LogP contribution in [0.2, 0.25) is 0 Å². The molecule has 1 aromatic heterocycles. The van der Waals surface area contributed by atoms with E-state index in [1.807, 2.05) is 31.2 Å². The Kier molecular flexibility index (Phi) is 6.46. The van der Waals surface area contributed by atoms with Gasteiger partial charge in [0, 0.05) is 11.1 Å². The van der Waals surface area contributed by atoms with Crippen molar-refractivity contribution in [3.05, 3.63) is 90.6 Å². The van der Waals surface area contributed by atoms with Gasteiger partial charge in [0.1, 0.15) is 17.5 Å². The van der Waals surface area contributed by atoms with Gasteiger partial charge in [-0.2, -0.15) is 0 Å². The number of hydrogen-bond donors (Lipinski definition) is 1. The minimum absolute atomic E-state index is 0.0740. The van der Waals surface area contributed by atoms with Gasteiger partial charge in [-0.25, -0.2) is 9.79 Å². The number of nitrogens with zero attached hydrogens (tertiary/aromatic N) is 2. The third-order valence-corrected chi connectivity index (χ3v) is 6.24. The Morgan fingerprint density at radius 1 is 1.15 bits per heavy atom. The van der Waals surface area contributed by atoms with E-state index < -0.39 is 12.0 Å². The number of aromatic nitrogens is 1. The van der Waals surface area contributed by atoms with E-state index in [-0.39, 0.29) is 17.9 Å². The molecule has 7 nitrogen and oxygen atoms in total. The normalized spacial score (nSPS) is 15.7. The van der Waals surface area contributed by atoms with Crippen LogP contribution < -0.4 is 19.6 Å². The molecule has 0 saturated carbocycles. The van der Waals surface area contributed by atoms with Gasteiger partial charge in [0.2, 0.25) is 0 Å². The van der Waals surface area contributed by atoms with Gasteiger partial charge in [-0.1, -0.05) is 47.7 Å². The van der Waals surface area contributed by atoms with Crippen molar-refractivity contribution in [3.8, 4) is 11.5 Å². The number of allylic oxidation sites excluding steroid dienone is 1. The predicted molar refractivity (Wildman–Crippen MR) is 126 cm³/mol. The molecule has 1 atom stereocenters. The van der Waals surface area contributed by atoms with E-state index in [0.29, 0.717) is 44.1 Å². The maximum Gasteiger partial charge on any atom is 0.338 e. The number of fused-ring (bicyclic) bond motifs is 1. The molecule has 0 bridgehead atoms. The number of para-hydroxylation sites is 2. The van der Waals surface area contributed by atoms with Gasteiger partial charge in [-0.3, -0.25) is 9.36 Å². The highest BCUT2D eigenvalue weighted by molar-refractivity contribution is 7.07. The summed E-state index contributed by atoms with van der Waals surface area (Å²) in [6, 6.07) is 13.4. The van der Waals surface area contributed by atoms with Crippen LogP contribution >= 0.6 is 11.3 Å². The number of benzene rings is 2. The van der Waals surface area contributed by atoms with Crippen molar-refractivity contribution in [1.82, 2.24) is 4.57 Å². The summed E-state index contributed by atoms with van der Waals surface area (Å²) in [5.74, 6) is 0.131. The zero-order valence-corrected chi connectivity index (χ0v) is 19.4. The Labute approximate surface area is 194 Å². The van der Waals surface area contributed by atoms with Gasteiger partial charge in [-0.05, 0) is 39.0 Å². The number of carbonyl (C=O) groups excluding carboxylic acids is 1. The lowest BCUT2D eigenvalue weighted by Gasteiger charge is -2.26. The van der Waals surface area contributed by atoms with Gasteiger partial charge in [0.25, 0.3) is 5.56 Å². The fourth-order valence-corrected chi connectivity index (χ4v) is 4.87. The van der Waals surface area contributed by atoms with Crippen molar-refractivity contribution in [1.29, 1.82) is 0 Å². The summed E-state index contributed by atoms with van der Waals surface area (Å²) in [6.07, 6.45) is 1.63.